The molecule has 1 heterocycles. The highest BCUT2D eigenvalue weighted by molar-refractivity contribution is 5.89. The van der Waals surface area contributed by atoms with Gasteiger partial charge in [-0.05, 0) is 55.7 Å². The first kappa shape index (κ1) is 16.8. The van der Waals surface area contributed by atoms with Crippen molar-refractivity contribution in [2.24, 2.45) is 5.73 Å². The number of aryl methyl sites for hydroxylation is 1. The second-order valence-corrected chi connectivity index (χ2v) is 8.07. The molecule has 128 valence electrons. The highest BCUT2D eigenvalue weighted by Crippen LogP contribution is 2.52. The van der Waals surface area contributed by atoms with Gasteiger partial charge in [-0.15, -0.1) is 0 Å². The molecule has 0 saturated carbocycles. The van der Waals surface area contributed by atoms with Crippen LogP contribution < -0.4 is 5.73 Å². The number of primary amides is 1. The Hall–Kier alpha value is -2.03. The van der Waals surface area contributed by atoms with Crippen LogP contribution in [-0.2, 0) is 28.6 Å². The van der Waals surface area contributed by atoms with Gasteiger partial charge in [-0.2, -0.15) is 0 Å². The monoisotopic (exact) mass is 324 g/mol. The lowest BCUT2D eigenvalue weighted by Crippen LogP contribution is -2.38. The van der Waals surface area contributed by atoms with Crippen LogP contribution >= 0.6 is 0 Å². The number of aromatic nitrogens is 1. The van der Waals surface area contributed by atoms with Gasteiger partial charge in [0.1, 0.15) is 0 Å². The van der Waals surface area contributed by atoms with Gasteiger partial charge in [-0.3, -0.25) is 4.79 Å². The molecule has 1 aromatic heterocycles. The van der Waals surface area contributed by atoms with E-state index in [4.69, 9.17) is 5.73 Å². The Kier molecular flexibility index (Phi) is 3.86. The van der Waals surface area contributed by atoms with Gasteiger partial charge >= 0.3 is 0 Å². The fourth-order valence-corrected chi connectivity index (χ4v) is 4.88. The lowest BCUT2D eigenvalue weighted by atomic mass is 9.79. The lowest BCUT2D eigenvalue weighted by molar-refractivity contribution is -0.123. The molecule has 1 unspecified atom stereocenters. The molecule has 0 bridgehead atoms. The van der Waals surface area contributed by atoms with Gasteiger partial charge < -0.3 is 10.3 Å². The molecular formula is C21H28N2O. The summed E-state index contributed by atoms with van der Waals surface area (Å²) in [6.07, 6.45) is 1.78. The summed E-state index contributed by atoms with van der Waals surface area (Å²) >= 11 is 0. The number of rotatable bonds is 4. The average Bonchev–Trinajstić information content (AvgIpc) is 2.90. The highest BCUT2D eigenvalue weighted by atomic mass is 16.1. The van der Waals surface area contributed by atoms with Crippen molar-refractivity contribution in [2.45, 2.75) is 64.8 Å². The van der Waals surface area contributed by atoms with E-state index in [0.29, 0.717) is 0 Å². The topological polar surface area (TPSA) is 48.0 Å². The third-order valence-electron chi connectivity index (χ3n) is 5.82. The van der Waals surface area contributed by atoms with E-state index in [1.54, 1.807) is 0 Å². The Labute approximate surface area is 144 Å². The van der Waals surface area contributed by atoms with Gasteiger partial charge in [0, 0.05) is 17.9 Å². The molecule has 1 aliphatic carbocycles. The molecule has 0 radical (unpaired) electrons. The number of nitrogens with zero attached hydrogens (tertiary/aromatic N) is 1. The molecule has 3 nitrogen and oxygen atoms in total. The summed E-state index contributed by atoms with van der Waals surface area (Å²) < 4.78 is 2.37. The molecule has 1 aromatic carbocycles. The minimum Gasteiger partial charge on any atom is -0.369 e. The minimum absolute atomic E-state index is 0.0219. The quantitative estimate of drug-likeness (QED) is 0.914. The third kappa shape index (κ3) is 2.38. The van der Waals surface area contributed by atoms with Crippen molar-refractivity contribution in [1.29, 1.82) is 0 Å². The van der Waals surface area contributed by atoms with Crippen molar-refractivity contribution in [3.05, 3.63) is 58.4 Å². The Morgan fingerprint density at radius 3 is 2.25 bits per heavy atom. The number of nitrogens with two attached hydrogens (primary N) is 1. The Balaban J connectivity index is 2.04. The molecule has 2 aromatic rings. The second kappa shape index (κ2) is 5.51. The molecule has 1 aliphatic rings. The average molecular weight is 324 g/mol. The maximum absolute atomic E-state index is 12.2. The molecule has 1 amide bonds. The maximum atomic E-state index is 12.2. The zero-order chi connectivity index (χ0) is 17.7. The largest absolute Gasteiger partial charge is 0.369 e. The molecule has 3 rings (SSSR count). The van der Waals surface area contributed by atoms with Gasteiger partial charge in [-0.25, -0.2) is 0 Å². The third-order valence-corrected chi connectivity index (χ3v) is 5.82. The van der Waals surface area contributed by atoms with Gasteiger partial charge in [0.05, 0.1) is 5.41 Å². The van der Waals surface area contributed by atoms with E-state index >= 15 is 0 Å². The van der Waals surface area contributed by atoms with Crippen molar-refractivity contribution in [2.75, 3.05) is 0 Å². The molecule has 0 fully saturated rings. The predicted molar refractivity (Wildman–Crippen MR) is 98.2 cm³/mol. The molecule has 2 N–H and O–H groups in total. The first-order valence-electron chi connectivity index (χ1n) is 8.73. The van der Waals surface area contributed by atoms with Crippen LogP contribution in [0.25, 0.3) is 0 Å². The van der Waals surface area contributed by atoms with Crippen LogP contribution in [0, 0.1) is 13.8 Å². The van der Waals surface area contributed by atoms with Gasteiger partial charge in [-0.1, -0.05) is 44.2 Å². The first-order chi connectivity index (χ1) is 11.2. The van der Waals surface area contributed by atoms with Crippen LogP contribution in [0.2, 0.25) is 0 Å². The summed E-state index contributed by atoms with van der Waals surface area (Å²) in [6.45, 7) is 11.7. The van der Waals surface area contributed by atoms with Crippen LogP contribution in [0.15, 0.2) is 30.3 Å². The Bertz CT molecular complexity index is 786. The predicted octanol–water partition coefficient (Wildman–Crippen LogP) is 3.77. The summed E-state index contributed by atoms with van der Waals surface area (Å²) in [5, 5.41) is 0. The number of benzene rings is 1. The van der Waals surface area contributed by atoms with Crippen LogP contribution in [0.5, 0.6) is 0 Å². The fourth-order valence-electron chi connectivity index (χ4n) is 4.88. The van der Waals surface area contributed by atoms with E-state index in [0.717, 1.165) is 19.4 Å². The standard InChI is InChI=1S/C21H28N2O/c1-14-17-18(21(5,19(22)24)13-20(17,3)4)15(2)23(14)12-11-16-9-7-6-8-10-16/h6-10H,11-13H2,1-5H3,(H2,22,24). The number of carbonyl (C=O) groups is 1. The summed E-state index contributed by atoms with van der Waals surface area (Å²) in [7, 11) is 0. The van der Waals surface area contributed by atoms with E-state index in [1.165, 1.54) is 28.1 Å². The van der Waals surface area contributed by atoms with Crippen LogP contribution in [0.3, 0.4) is 0 Å². The highest BCUT2D eigenvalue weighted by Gasteiger charge is 2.51. The van der Waals surface area contributed by atoms with Crippen LogP contribution in [0.1, 0.15) is 55.3 Å². The van der Waals surface area contributed by atoms with Crippen molar-refractivity contribution < 1.29 is 4.79 Å². The molecule has 0 saturated heterocycles. The zero-order valence-corrected chi connectivity index (χ0v) is 15.4. The van der Waals surface area contributed by atoms with E-state index in [1.807, 2.05) is 13.0 Å². The summed E-state index contributed by atoms with van der Waals surface area (Å²) in [5.41, 5.74) is 11.5. The van der Waals surface area contributed by atoms with Crippen molar-refractivity contribution in [1.82, 2.24) is 4.57 Å². The van der Waals surface area contributed by atoms with Crippen molar-refractivity contribution >= 4 is 5.91 Å². The van der Waals surface area contributed by atoms with Crippen molar-refractivity contribution in [3.63, 3.8) is 0 Å². The number of carbonyl (C=O) groups excluding carboxylic acids is 1. The zero-order valence-electron chi connectivity index (χ0n) is 15.4. The minimum atomic E-state index is -0.564. The van der Waals surface area contributed by atoms with Gasteiger partial charge in [0.25, 0.3) is 0 Å². The Morgan fingerprint density at radius 1 is 1.08 bits per heavy atom. The van der Waals surface area contributed by atoms with E-state index < -0.39 is 5.41 Å². The van der Waals surface area contributed by atoms with Crippen molar-refractivity contribution in [3.8, 4) is 0 Å². The van der Waals surface area contributed by atoms with E-state index in [9.17, 15) is 4.79 Å². The number of fused-ring (bicyclic) bond motifs is 1. The summed E-state index contributed by atoms with van der Waals surface area (Å²) in [6, 6.07) is 10.5. The molecule has 0 spiro atoms. The van der Waals surface area contributed by atoms with Gasteiger partial charge in [0.15, 0.2) is 0 Å². The molecular weight excluding hydrogens is 296 g/mol. The summed E-state index contributed by atoms with van der Waals surface area (Å²) in [5.74, 6) is -0.211. The fraction of sp³-hybridized carbons (Fsp3) is 0.476. The number of hydrogen-bond donors (Lipinski definition) is 1. The SMILES string of the molecule is Cc1c2c(c(C)n1CCc1ccccc1)C(C)(C(N)=O)CC2(C)C. The van der Waals surface area contributed by atoms with Crippen LogP contribution in [0.4, 0.5) is 0 Å². The van der Waals surface area contributed by atoms with E-state index in [-0.39, 0.29) is 11.3 Å². The normalized spacial score (nSPS) is 21.7. The lowest BCUT2D eigenvalue weighted by Gasteiger charge is -2.27. The molecule has 0 aliphatic heterocycles. The van der Waals surface area contributed by atoms with Crippen LogP contribution in [-0.4, -0.2) is 10.5 Å². The maximum Gasteiger partial charge on any atom is 0.227 e. The van der Waals surface area contributed by atoms with E-state index in [2.05, 4.69) is 56.5 Å². The van der Waals surface area contributed by atoms with Gasteiger partial charge in [0.2, 0.25) is 5.91 Å². The number of hydrogen-bond acceptors (Lipinski definition) is 1. The molecule has 24 heavy (non-hydrogen) atoms. The Morgan fingerprint density at radius 2 is 1.67 bits per heavy atom. The second-order valence-electron chi connectivity index (χ2n) is 8.07. The first-order valence-corrected chi connectivity index (χ1v) is 8.73. The number of amides is 1. The summed E-state index contributed by atoms with van der Waals surface area (Å²) in [4.78, 5) is 12.2. The molecule has 3 heteroatoms. The smallest absolute Gasteiger partial charge is 0.227 e. The molecule has 1 atom stereocenters.